The lowest BCUT2D eigenvalue weighted by molar-refractivity contribution is 0.106. The Morgan fingerprint density at radius 3 is 2.41 bits per heavy atom. The van der Waals surface area contributed by atoms with Crippen LogP contribution in [0.1, 0.15) is 5.56 Å². The third kappa shape index (κ3) is 5.05. The second-order valence-electron chi connectivity index (χ2n) is 4.80. The van der Waals surface area contributed by atoms with Gasteiger partial charge in [0.2, 0.25) is 0 Å². The fourth-order valence-corrected chi connectivity index (χ4v) is 1.80. The normalized spacial score (nSPS) is 12.2. The number of halogens is 3. The molecule has 1 unspecified atom stereocenters. The van der Waals surface area contributed by atoms with E-state index in [9.17, 15) is 18.3 Å². The molecule has 22 heavy (non-hydrogen) atoms. The fraction of sp³-hybridized carbons (Fsp3) is 0.250. The van der Waals surface area contributed by atoms with E-state index in [1.54, 1.807) is 12.1 Å². The van der Waals surface area contributed by atoms with Gasteiger partial charge in [-0.2, -0.15) is 0 Å². The molecule has 0 fully saturated rings. The zero-order chi connectivity index (χ0) is 15.9. The first-order valence-electron chi connectivity index (χ1n) is 6.75. The lowest BCUT2D eigenvalue weighted by atomic mass is 10.2. The predicted molar refractivity (Wildman–Crippen MR) is 76.0 cm³/mol. The molecule has 0 aromatic heterocycles. The maximum Gasteiger partial charge on any atom is 0.162 e. The van der Waals surface area contributed by atoms with Crippen LogP contribution in [0.25, 0.3) is 0 Å². The second-order valence-corrected chi connectivity index (χ2v) is 4.80. The first-order valence-corrected chi connectivity index (χ1v) is 6.75. The Hall–Kier alpha value is -2.05. The third-order valence-electron chi connectivity index (χ3n) is 2.96. The summed E-state index contributed by atoms with van der Waals surface area (Å²) >= 11 is 0. The van der Waals surface area contributed by atoms with Gasteiger partial charge < -0.3 is 15.2 Å². The lowest BCUT2D eigenvalue weighted by Crippen LogP contribution is -2.31. The molecule has 0 bridgehead atoms. The number of nitrogens with one attached hydrogen (secondary N) is 1. The Labute approximate surface area is 126 Å². The van der Waals surface area contributed by atoms with E-state index in [4.69, 9.17) is 4.74 Å². The van der Waals surface area contributed by atoms with Gasteiger partial charge in [-0.25, -0.2) is 13.2 Å². The van der Waals surface area contributed by atoms with E-state index < -0.39 is 17.7 Å². The van der Waals surface area contributed by atoms with Gasteiger partial charge in [0.25, 0.3) is 0 Å². The lowest BCUT2D eigenvalue weighted by Gasteiger charge is -2.13. The molecule has 2 rings (SSSR count). The van der Waals surface area contributed by atoms with Crippen LogP contribution in [0.4, 0.5) is 13.2 Å². The minimum atomic E-state index is -0.999. The number of hydrogen-bond acceptors (Lipinski definition) is 3. The van der Waals surface area contributed by atoms with Crippen molar-refractivity contribution in [2.24, 2.45) is 0 Å². The van der Waals surface area contributed by atoms with Gasteiger partial charge in [0.15, 0.2) is 11.6 Å². The van der Waals surface area contributed by atoms with Crippen molar-refractivity contribution in [1.29, 1.82) is 0 Å². The van der Waals surface area contributed by atoms with E-state index in [1.807, 2.05) is 0 Å². The highest BCUT2D eigenvalue weighted by molar-refractivity contribution is 5.23. The van der Waals surface area contributed by atoms with Crippen LogP contribution in [0.15, 0.2) is 42.5 Å². The van der Waals surface area contributed by atoms with Crippen LogP contribution < -0.4 is 10.1 Å². The van der Waals surface area contributed by atoms with Gasteiger partial charge in [-0.3, -0.25) is 0 Å². The number of benzene rings is 2. The standard InChI is InChI=1S/C16H16F3NO2/c17-12-3-1-11(2-4-12)8-20-9-13(21)10-22-14-5-6-15(18)16(19)7-14/h1-7,13,20-21H,8-10H2. The van der Waals surface area contributed by atoms with E-state index in [-0.39, 0.29) is 24.7 Å². The van der Waals surface area contributed by atoms with Crippen LogP contribution in [0.2, 0.25) is 0 Å². The maximum atomic E-state index is 13.0. The average Bonchev–Trinajstić information content (AvgIpc) is 2.50. The van der Waals surface area contributed by atoms with E-state index in [0.717, 1.165) is 17.7 Å². The van der Waals surface area contributed by atoms with Gasteiger partial charge in [0, 0.05) is 19.2 Å². The van der Waals surface area contributed by atoms with E-state index in [2.05, 4.69) is 5.32 Å². The highest BCUT2D eigenvalue weighted by Gasteiger charge is 2.07. The quantitative estimate of drug-likeness (QED) is 0.826. The fourth-order valence-electron chi connectivity index (χ4n) is 1.80. The first kappa shape index (κ1) is 16.3. The summed E-state index contributed by atoms with van der Waals surface area (Å²) in [5.74, 6) is -2.10. The minimum Gasteiger partial charge on any atom is -0.491 e. The van der Waals surface area contributed by atoms with Gasteiger partial charge in [-0.05, 0) is 29.8 Å². The van der Waals surface area contributed by atoms with Crippen molar-refractivity contribution < 1.29 is 23.0 Å². The number of ether oxygens (including phenoxy) is 1. The Morgan fingerprint density at radius 2 is 1.73 bits per heavy atom. The molecule has 0 saturated carbocycles. The van der Waals surface area contributed by atoms with Crippen LogP contribution in [0, 0.1) is 17.5 Å². The van der Waals surface area contributed by atoms with E-state index >= 15 is 0 Å². The average molecular weight is 311 g/mol. The number of hydrogen-bond donors (Lipinski definition) is 2. The number of aliphatic hydroxyl groups is 1. The summed E-state index contributed by atoms with van der Waals surface area (Å²) in [4.78, 5) is 0. The molecular weight excluding hydrogens is 295 g/mol. The van der Waals surface area contributed by atoms with Gasteiger partial charge >= 0.3 is 0 Å². The molecule has 0 aliphatic heterocycles. The van der Waals surface area contributed by atoms with E-state index in [1.165, 1.54) is 18.2 Å². The molecule has 0 radical (unpaired) electrons. The molecular formula is C16H16F3NO2. The largest absolute Gasteiger partial charge is 0.491 e. The summed E-state index contributed by atoms with van der Waals surface area (Å²) in [7, 11) is 0. The zero-order valence-electron chi connectivity index (χ0n) is 11.7. The maximum absolute atomic E-state index is 13.0. The highest BCUT2D eigenvalue weighted by Crippen LogP contribution is 2.15. The monoisotopic (exact) mass is 311 g/mol. The van der Waals surface area contributed by atoms with Crippen molar-refractivity contribution in [3.05, 3.63) is 65.5 Å². The molecule has 0 heterocycles. The molecule has 0 amide bonds. The summed E-state index contributed by atoms with van der Waals surface area (Å²) in [5.41, 5.74) is 0.884. The van der Waals surface area contributed by atoms with Gasteiger partial charge in [-0.15, -0.1) is 0 Å². The van der Waals surface area contributed by atoms with Crippen LogP contribution in [0.3, 0.4) is 0 Å². The number of rotatable bonds is 7. The molecule has 0 aliphatic carbocycles. The van der Waals surface area contributed by atoms with Crippen molar-refractivity contribution in [3.63, 3.8) is 0 Å². The molecule has 0 aliphatic rings. The molecule has 118 valence electrons. The zero-order valence-corrected chi connectivity index (χ0v) is 11.7. The van der Waals surface area contributed by atoms with E-state index in [0.29, 0.717) is 6.54 Å². The van der Waals surface area contributed by atoms with Crippen molar-refractivity contribution in [1.82, 2.24) is 5.32 Å². The molecule has 0 spiro atoms. The molecule has 2 aromatic carbocycles. The van der Waals surface area contributed by atoms with Crippen molar-refractivity contribution >= 4 is 0 Å². The first-order chi connectivity index (χ1) is 10.5. The summed E-state index contributed by atoms with van der Waals surface area (Å²) in [6.07, 6.45) is -0.812. The molecule has 2 aromatic rings. The van der Waals surface area contributed by atoms with Crippen LogP contribution >= 0.6 is 0 Å². The Kier molecular flexibility index (Phi) is 5.80. The Bertz CT molecular complexity index is 605. The van der Waals surface area contributed by atoms with Gasteiger partial charge in [0.05, 0.1) is 0 Å². The molecule has 2 N–H and O–H groups in total. The smallest absolute Gasteiger partial charge is 0.162 e. The summed E-state index contributed by atoms with van der Waals surface area (Å²) < 4.78 is 43.6. The number of aliphatic hydroxyl groups excluding tert-OH is 1. The molecule has 1 atom stereocenters. The Balaban J connectivity index is 1.70. The second kappa shape index (κ2) is 7.82. The van der Waals surface area contributed by atoms with Gasteiger partial charge in [0.1, 0.15) is 24.3 Å². The van der Waals surface area contributed by atoms with Crippen molar-refractivity contribution in [2.75, 3.05) is 13.2 Å². The van der Waals surface area contributed by atoms with Crippen molar-refractivity contribution in [3.8, 4) is 5.75 Å². The van der Waals surface area contributed by atoms with Crippen LogP contribution in [-0.2, 0) is 6.54 Å². The minimum absolute atomic E-state index is 0.0541. The molecule has 3 nitrogen and oxygen atoms in total. The van der Waals surface area contributed by atoms with Crippen LogP contribution in [0.5, 0.6) is 5.75 Å². The summed E-state index contributed by atoms with van der Waals surface area (Å²) in [6.45, 7) is 0.672. The summed E-state index contributed by atoms with van der Waals surface area (Å²) in [6, 6.07) is 9.19. The molecule has 6 heteroatoms. The highest BCUT2D eigenvalue weighted by atomic mass is 19.2. The third-order valence-corrected chi connectivity index (χ3v) is 2.96. The SMILES string of the molecule is OC(CNCc1ccc(F)cc1)COc1ccc(F)c(F)c1. The van der Waals surface area contributed by atoms with Crippen LogP contribution in [-0.4, -0.2) is 24.4 Å². The molecule has 0 saturated heterocycles. The summed E-state index contributed by atoms with van der Waals surface area (Å²) in [5, 5.41) is 12.7. The predicted octanol–water partition coefficient (Wildman–Crippen LogP) is 2.63. The van der Waals surface area contributed by atoms with Gasteiger partial charge in [-0.1, -0.05) is 12.1 Å². The van der Waals surface area contributed by atoms with Crippen molar-refractivity contribution in [2.45, 2.75) is 12.6 Å². The topological polar surface area (TPSA) is 41.5 Å². The Morgan fingerprint density at radius 1 is 1.00 bits per heavy atom.